The third kappa shape index (κ3) is 1.90. The molecule has 1 aromatic heterocycles. The number of aryl methyl sites for hydroxylation is 2. The molecule has 0 aromatic carbocycles. The van der Waals surface area contributed by atoms with Gasteiger partial charge in [0.2, 0.25) is 5.03 Å². The fourth-order valence-electron chi connectivity index (χ4n) is 0.922. The van der Waals surface area contributed by atoms with Crippen LogP contribution in [0.3, 0.4) is 0 Å². The normalized spacial score (nSPS) is 10.3. The van der Waals surface area contributed by atoms with Crippen LogP contribution in [0.15, 0.2) is 10.2 Å². The zero-order valence-electron chi connectivity index (χ0n) is 7.66. The van der Waals surface area contributed by atoms with Gasteiger partial charge in [-0.05, 0) is 36.2 Å². The number of aromatic nitrogens is 3. The summed E-state index contributed by atoms with van der Waals surface area (Å²) in [7, 11) is 1.91. The van der Waals surface area contributed by atoms with Gasteiger partial charge in [-0.2, -0.15) is 0 Å². The summed E-state index contributed by atoms with van der Waals surface area (Å²) in [6.45, 7) is 1.98. The molecule has 0 atom stereocenters. The van der Waals surface area contributed by atoms with Crippen molar-refractivity contribution < 1.29 is 4.68 Å². The van der Waals surface area contributed by atoms with Gasteiger partial charge in [0.25, 0.3) is 0 Å². The van der Waals surface area contributed by atoms with Crippen LogP contribution in [0.25, 0.3) is 0 Å². The highest BCUT2D eigenvalue weighted by atomic mass is 32.2. The predicted octanol–water partition coefficient (Wildman–Crippen LogP) is 1.05. The molecule has 0 N–H and O–H groups in total. The van der Waals surface area contributed by atoms with Gasteiger partial charge < -0.3 is 0 Å². The maximum Gasteiger partial charge on any atom is 0.380 e. The lowest BCUT2D eigenvalue weighted by atomic mass is 10.5. The van der Waals surface area contributed by atoms with Crippen LogP contribution in [0.1, 0.15) is 5.69 Å². The zero-order chi connectivity index (χ0) is 9.14. The van der Waals surface area contributed by atoms with Crippen molar-refractivity contribution in [3.8, 4) is 0 Å². The minimum atomic E-state index is 0.949. The van der Waals surface area contributed by atoms with Crippen LogP contribution in [-0.4, -0.2) is 22.6 Å². The Hall–Kier alpha value is -0.290. The summed E-state index contributed by atoms with van der Waals surface area (Å²) in [5.74, 6) is 0. The van der Waals surface area contributed by atoms with E-state index in [0.29, 0.717) is 0 Å². The maximum absolute atomic E-state index is 4.44. The average molecular weight is 202 g/mol. The molecule has 0 radical (unpaired) electrons. The van der Waals surface area contributed by atoms with E-state index in [9.17, 15) is 0 Å². The second-order valence-corrected chi connectivity index (χ2v) is 3.89. The second-order valence-electron chi connectivity index (χ2n) is 2.32. The third-order valence-corrected chi connectivity index (χ3v) is 2.95. The molecular formula is C7H12N3S2+. The predicted molar refractivity (Wildman–Crippen MR) is 51.5 cm³/mol. The van der Waals surface area contributed by atoms with Crippen molar-refractivity contribution in [1.82, 2.24) is 10.1 Å². The molecule has 3 nitrogen and oxygen atoms in total. The van der Waals surface area contributed by atoms with Crippen LogP contribution in [0.4, 0.5) is 0 Å². The molecule has 1 heterocycles. The van der Waals surface area contributed by atoms with Crippen molar-refractivity contribution in [2.45, 2.75) is 17.1 Å². The van der Waals surface area contributed by atoms with Gasteiger partial charge in [-0.15, -0.1) is 4.68 Å². The average Bonchev–Trinajstić information content (AvgIpc) is 2.05. The Kier molecular flexibility index (Phi) is 3.34. The zero-order valence-corrected chi connectivity index (χ0v) is 9.29. The standard InChI is InChI=1S/C7H12N3S2/c1-5-6(11-3)8-7(12-4)10(2)9-5/h1-4H3/q+1. The van der Waals surface area contributed by atoms with Crippen molar-refractivity contribution in [1.29, 1.82) is 0 Å². The van der Waals surface area contributed by atoms with Gasteiger partial charge in [-0.1, -0.05) is 16.9 Å². The summed E-state index contributed by atoms with van der Waals surface area (Å²) in [5, 5.41) is 6.29. The van der Waals surface area contributed by atoms with Gasteiger partial charge >= 0.3 is 5.16 Å². The van der Waals surface area contributed by atoms with Crippen LogP contribution in [0.5, 0.6) is 0 Å². The number of hydrogen-bond acceptors (Lipinski definition) is 4. The van der Waals surface area contributed by atoms with E-state index in [1.165, 1.54) is 0 Å². The highest BCUT2D eigenvalue weighted by molar-refractivity contribution is 7.99. The summed E-state index contributed by atoms with van der Waals surface area (Å²) in [5.41, 5.74) is 0.989. The molecule has 0 saturated heterocycles. The van der Waals surface area contributed by atoms with Gasteiger partial charge in [0.1, 0.15) is 12.7 Å². The summed E-state index contributed by atoms with van der Waals surface area (Å²) < 4.78 is 1.81. The Morgan fingerprint density at radius 2 is 1.92 bits per heavy atom. The van der Waals surface area contributed by atoms with E-state index in [1.807, 2.05) is 26.5 Å². The second kappa shape index (κ2) is 4.09. The molecule has 0 fully saturated rings. The van der Waals surface area contributed by atoms with E-state index in [4.69, 9.17) is 0 Å². The minimum absolute atomic E-state index is 0.949. The van der Waals surface area contributed by atoms with Crippen molar-refractivity contribution in [3.05, 3.63) is 5.69 Å². The highest BCUT2D eigenvalue weighted by Crippen LogP contribution is 2.15. The summed E-state index contributed by atoms with van der Waals surface area (Å²) in [4.78, 5) is 4.44. The lowest BCUT2D eigenvalue weighted by molar-refractivity contribution is -0.771. The number of thioether (sulfide) groups is 2. The van der Waals surface area contributed by atoms with E-state index in [-0.39, 0.29) is 0 Å². The summed E-state index contributed by atoms with van der Waals surface area (Å²) in [6.07, 6.45) is 4.02. The number of rotatable bonds is 2. The molecular weight excluding hydrogens is 190 g/mol. The Bertz CT molecular complexity index is 263. The monoisotopic (exact) mass is 202 g/mol. The molecule has 0 amide bonds. The molecule has 12 heavy (non-hydrogen) atoms. The van der Waals surface area contributed by atoms with Crippen molar-refractivity contribution >= 4 is 23.5 Å². The highest BCUT2D eigenvalue weighted by Gasteiger charge is 2.15. The molecule has 0 aliphatic heterocycles. The molecule has 1 rings (SSSR count). The first-order valence-electron chi connectivity index (χ1n) is 3.52. The van der Waals surface area contributed by atoms with Gasteiger partial charge in [0.15, 0.2) is 0 Å². The van der Waals surface area contributed by atoms with E-state index in [1.54, 1.807) is 28.2 Å². The first kappa shape index (κ1) is 9.80. The van der Waals surface area contributed by atoms with Crippen molar-refractivity contribution in [2.24, 2.45) is 7.05 Å². The first-order chi connectivity index (χ1) is 5.69. The number of nitrogens with zero attached hydrogens (tertiary/aromatic N) is 3. The molecule has 0 aliphatic rings. The lowest BCUT2D eigenvalue weighted by Gasteiger charge is -1.97. The van der Waals surface area contributed by atoms with Gasteiger partial charge in [0.05, 0.1) is 0 Å². The molecule has 66 valence electrons. The third-order valence-electron chi connectivity index (χ3n) is 1.46. The van der Waals surface area contributed by atoms with Crippen LogP contribution >= 0.6 is 23.5 Å². The molecule has 0 unspecified atom stereocenters. The molecule has 1 aromatic rings. The smallest absolute Gasteiger partial charge is 0.127 e. The van der Waals surface area contributed by atoms with Gasteiger partial charge in [-0.3, -0.25) is 0 Å². The van der Waals surface area contributed by atoms with E-state index >= 15 is 0 Å². The molecule has 0 spiro atoms. The van der Waals surface area contributed by atoms with Gasteiger partial charge in [0, 0.05) is 0 Å². The Morgan fingerprint density at radius 3 is 2.42 bits per heavy atom. The molecule has 0 saturated carbocycles. The quantitative estimate of drug-likeness (QED) is 0.530. The summed E-state index contributed by atoms with van der Waals surface area (Å²) >= 11 is 3.24. The number of hydrogen-bond donors (Lipinski definition) is 0. The fourth-order valence-corrected chi connectivity index (χ4v) is 1.98. The SMILES string of the molecule is CSc1nc(SC)[n+](C)nc1C. The maximum atomic E-state index is 4.44. The lowest BCUT2D eigenvalue weighted by Crippen LogP contribution is -2.37. The fraction of sp³-hybridized carbons (Fsp3) is 0.571. The van der Waals surface area contributed by atoms with E-state index < -0.39 is 0 Å². The van der Waals surface area contributed by atoms with E-state index in [2.05, 4.69) is 10.1 Å². The molecule has 5 heteroatoms. The summed E-state index contributed by atoms with van der Waals surface area (Å²) in [6, 6.07) is 0. The van der Waals surface area contributed by atoms with Crippen LogP contribution < -0.4 is 4.68 Å². The Labute approximate surface area is 81.0 Å². The van der Waals surface area contributed by atoms with Crippen LogP contribution in [-0.2, 0) is 7.05 Å². The Morgan fingerprint density at radius 1 is 1.25 bits per heavy atom. The first-order valence-corrected chi connectivity index (χ1v) is 5.97. The van der Waals surface area contributed by atoms with Gasteiger partial charge in [-0.25, -0.2) is 0 Å². The minimum Gasteiger partial charge on any atom is -0.127 e. The van der Waals surface area contributed by atoms with Crippen LogP contribution in [0, 0.1) is 6.92 Å². The van der Waals surface area contributed by atoms with E-state index in [0.717, 1.165) is 15.9 Å². The largest absolute Gasteiger partial charge is 0.380 e. The van der Waals surface area contributed by atoms with Crippen LogP contribution in [0.2, 0.25) is 0 Å². The van der Waals surface area contributed by atoms with Crippen molar-refractivity contribution in [2.75, 3.05) is 12.5 Å². The Balaban J connectivity index is 3.18. The molecule has 0 aliphatic carbocycles. The molecule has 0 bridgehead atoms. The topological polar surface area (TPSA) is 29.7 Å². The van der Waals surface area contributed by atoms with Crippen molar-refractivity contribution in [3.63, 3.8) is 0 Å².